The molecular formula is C18H21Cl2N2+. The molecule has 2 aromatic rings. The number of nitrogens with one attached hydrogen (secondary N) is 1. The van der Waals surface area contributed by atoms with Crippen molar-refractivity contribution in [2.45, 2.75) is 13.5 Å². The monoisotopic (exact) mass is 335 g/mol. The van der Waals surface area contributed by atoms with E-state index in [1.165, 1.54) is 11.3 Å². The lowest BCUT2D eigenvalue weighted by molar-refractivity contribution is -0.914. The Balaban J connectivity index is 1.63. The number of nitrogens with zero attached hydrogens (tertiary/aromatic N) is 1. The quantitative estimate of drug-likeness (QED) is 0.904. The molecule has 1 aliphatic heterocycles. The van der Waals surface area contributed by atoms with E-state index in [1.807, 2.05) is 12.1 Å². The fourth-order valence-electron chi connectivity index (χ4n) is 3.11. The molecule has 0 amide bonds. The standard InChI is InChI=1S/C18H20Cl2N2/c1-14-5-2-3-8-17(14)22-11-9-21(10-12-22)13-15-6-4-7-16(19)18(15)20/h2-8H,9-13H2,1H3/p+1. The minimum absolute atomic E-state index is 0.650. The Hall–Kier alpha value is -1.22. The third kappa shape index (κ3) is 3.40. The van der Waals surface area contributed by atoms with Crippen LogP contribution in [-0.2, 0) is 6.54 Å². The fourth-order valence-corrected chi connectivity index (χ4v) is 3.50. The van der Waals surface area contributed by atoms with Gasteiger partial charge >= 0.3 is 0 Å². The first kappa shape index (κ1) is 15.7. The van der Waals surface area contributed by atoms with Crippen molar-refractivity contribution in [1.82, 2.24) is 0 Å². The summed E-state index contributed by atoms with van der Waals surface area (Å²) < 4.78 is 0. The number of benzene rings is 2. The molecular weight excluding hydrogens is 315 g/mol. The maximum absolute atomic E-state index is 6.30. The van der Waals surface area contributed by atoms with Crippen LogP contribution in [-0.4, -0.2) is 26.2 Å². The highest BCUT2D eigenvalue weighted by Gasteiger charge is 2.22. The van der Waals surface area contributed by atoms with E-state index < -0.39 is 0 Å². The average molecular weight is 336 g/mol. The van der Waals surface area contributed by atoms with E-state index in [0.29, 0.717) is 10.0 Å². The average Bonchev–Trinajstić information content (AvgIpc) is 2.53. The van der Waals surface area contributed by atoms with Crippen LogP contribution >= 0.6 is 23.2 Å². The molecule has 3 rings (SSSR count). The van der Waals surface area contributed by atoms with Crippen LogP contribution in [0.25, 0.3) is 0 Å². The van der Waals surface area contributed by atoms with Gasteiger partial charge < -0.3 is 9.80 Å². The van der Waals surface area contributed by atoms with E-state index in [9.17, 15) is 0 Å². The number of hydrogen-bond donors (Lipinski definition) is 1. The van der Waals surface area contributed by atoms with Crippen LogP contribution in [0.4, 0.5) is 5.69 Å². The molecule has 0 atom stereocenters. The zero-order chi connectivity index (χ0) is 15.5. The fraction of sp³-hybridized carbons (Fsp3) is 0.333. The molecule has 4 heteroatoms. The predicted molar refractivity (Wildman–Crippen MR) is 94.3 cm³/mol. The third-order valence-corrected chi connectivity index (χ3v) is 5.26. The molecule has 0 unspecified atom stereocenters. The van der Waals surface area contributed by atoms with Gasteiger partial charge in [-0.05, 0) is 24.6 Å². The van der Waals surface area contributed by atoms with Gasteiger partial charge in [-0.2, -0.15) is 0 Å². The first-order valence-corrected chi connectivity index (χ1v) is 8.48. The second-order valence-electron chi connectivity index (χ2n) is 5.91. The summed E-state index contributed by atoms with van der Waals surface area (Å²) in [5.41, 5.74) is 3.86. The van der Waals surface area contributed by atoms with E-state index in [-0.39, 0.29) is 0 Å². The summed E-state index contributed by atoms with van der Waals surface area (Å²) in [5, 5.41) is 1.36. The van der Waals surface area contributed by atoms with Gasteiger partial charge in [0.2, 0.25) is 0 Å². The largest absolute Gasteiger partial charge is 0.360 e. The van der Waals surface area contributed by atoms with Gasteiger partial charge in [-0.3, -0.25) is 0 Å². The lowest BCUT2D eigenvalue weighted by atomic mass is 10.1. The predicted octanol–water partition coefficient (Wildman–Crippen LogP) is 3.21. The van der Waals surface area contributed by atoms with E-state index in [1.54, 1.807) is 4.90 Å². The number of para-hydroxylation sites is 1. The van der Waals surface area contributed by atoms with Crippen molar-refractivity contribution >= 4 is 28.9 Å². The summed E-state index contributed by atoms with van der Waals surface area (Å²) >= 11 is 12.4. The van der Waals surface area contributed by atoms with Gasteiger partial charge in [0.1, 0.15) is 6.54 Å². The molecule has 0 spiro atoms. The van der Waals surface area contributed by atoms with Crippen molar-refractivity contribution in [3.8, 4) is 0 Å². The van der Waals surface area contributed by atoms with Gasteiger partial charge in [0.05, 0.1) is 36.2 Å². The molecule has 0 aliphatic carbocycles. The smallest absolute Gasteiger partial charge is 0.104 e. The van der Waals surface area contributed by atoms with Gasteiger partial charge in [-0.15, -0.1) is 0 Å². The number of aryl methyl sites for hydroxylation is 1. The molecule has 0 saturated carbocycles. The Morgan fingerprint density at radius 1 is 1.00 bits per heavy atom. The molecule has 0 aromatic heterocycles. The van der Waals surface area contributed by atoms with E-state index in [2.05, 4.69) is 42.2 Å². The van der Waals surface area contributed by atoms with Crippen molar-refractivity contribution in [2.24, 2.45) is 0 Å². The maximum atomic E-state index is 6.30. The zero-order valence-electron chi connectivity index (χ0n) is 12.8. The summed E-state index contributed by atoms with van der Waals surface area (Å²) in [6.07, 6.45) is 0. The molecule has 2 aromatic carbocycles. The lowest BCUT2D eigenvalue weighted by Crippen LogP contribution is -3.13. The summed E-state index contributed by atoms with van der Waals surface area (Å²) in [4.78, 5) is 4.05. The van der Waals surface area contributed by atoms with Crippen LogP contribution in [0.15, 0.2) is 42.5 Å². The second kappa shape index (κ2) is 6.91. The van der Waals surface area contributed by atoms with Crippen molar-refractivity contribution in [3.63, 3.8) is 0 Å². The van der Waals surface area contributed by atoms with Crippen LogP contribution in [0, 0.1) is 6.92 Å². The van der Waals surface area contributed by atoms with Crippen molar-refractivity contribution < 1.29 is 4.90 Å². The highest BCUT2D eigenvalue weighted by atomic mass is 35.5. The number of piperazine rings is 1. The Bertz CT molecular complexity index is 649. The Morgan fingerprint density at radius 3 is 2.45 bits per heavy atom. The summed E-state index contributed by atoms with van der Waals surface area (Å²) in [5.74, 6) is 0. The molecule has 1 N–H and O–H groups in total. The van der Waals surface area contributed by atoms with Crippen molar-refractivity contribution in [2.75, 3.05) is 31.1 Å². The molecule has 22 heavy (non-hydrogen) atoms. The highest BCUT2D eigenvalue weighted by Crippen LogP contribution is 2.25. The number of halogens is 2. The maximum Gasteiger partial charge on any atom is 0.104 e. The Labute approximate surface area is 142 Å². The SMILES string of the molecule is Cc1ccccc1N1CC[NH+](Cc2cccc(Cl)c2Cl)CC1. The Morgan fingerprint density at radius 2 is 1.73 bits per heavy atom. The molecule has 0 radical (unpaired) electrons. The number of hydrogen-bond acceptors (Lipinski definition) is 1. The van der Waals surface area contributed by atoms with Crippen LogP contribution in [0.5, 0.6) is 0 Å². The highest BCUT2D eigenvalue weighted by molar-refractivity contribution is 6.42. The van der Waals surface area contributed by atoms with Crippen LogP contribution in [0.3, 0.4) is 0 Å². The minimum atomic E-state index is 0.650. The topological polar surface area (TPSA) is 7.68 Å². The van der Waals surface area contributed by atoms with Gasteiger partial charge in [-0.1, -0.05) is 53.5 Å². The first-order valence-electron chi connectivity index (χ1n) is 7.72. The zero-order valence-corrected chi connectivity index (χ0v) is 14.3. The van der Waals surface area contributed by atoms with Crippen LogP contribution in [0.2, 0.25) is 10.0 Å². The lowest BCUT2D eigenvalue weighted by Gasteiger charge is -2.34. The molecule has 0 bridgehead atoms. The second-order valence-corrected chi connectivity index (χ2v) is 6.70. The van der Waals surface area contributed by atoms with Crippen LogP contribution in [0.1, 0.15) is 11.1 Å². The van der Waals surface area contributed by atoms with E-state index in [4.69, 9.17) is 23.2 Å². The minimum Gasteiger partial charge on any atom is -0.360 e. The normalized spacial score (nSPS) is 16.0. The number of anilines is 1. The number of rotatable bonds is 3. The van der Waals surface area contributed by atoms with Gasteiger partial charge in [0, 0.05) is 11.3 Å². The summed E-state index contributed by atoms with van der Waals surface area (Å²) in [7, 11) is 0. The summed E-state index contributed by atoms with van der Waals surface area (Å²) in [6.45, 7) is 7.53. The van der Waals surface area contributed by atoms with E-state index >= 15 is 0 Å². The van der Waals surface area contributed by atoms with Gasteiger partial charge in [0.25, 0.3) is 0 Å². The van der Waals surface area contributed by atoms with Crippen LogP contribution < -0.4 is 9.80 Å². The van der Waals surface area contributed by atoms with Gasteiger partial charge in [-0.25, -0.2) is 0 Å². The molecule has 1 saturated heterocycles. The summed E-state index contributed by atoms with van der Waals surface area (Å²) in [6, 6.07) is 14.5. The van der Waals surface area contributed by atoms with Crippen molar-refractivity contribution in [1.29, 1.82) is 0 Å². The molecule has 2 nitrogen and oxygen atoms in total. The van der Waals surface area contributed by atoms with Crippen molar-refractivity contribution in [3.05, 3.63) is 63.6 Å². The molecule has 1 fully saturated rings. The molecule has 1 aliphatic rings. The molecule has 1 heterocycles. The first-order chi connectivity index (χ1) is 10.6. The number of quaternary nitrogens is 1. The third-order valence-electron chi connectivity index (χ3n) is 4.40. The Kier molecular flexibility index (Phi) is 4.92. The van der Waals surface area contributed by atoms with E-state index in [0.717, 1.165) is 38.3 Å². The van der Waals surface area contributed by atoms with Gasteiger partial charge in [0.15, 0.2) is 0 Å². The molecule has 116 valence electrons.